The topological polar surface area (TPSA) is 52.7 Å². The summed E-state index contributed by atoms with van der Waals surface area (Å²) in [5, 5.41) is 3.21. The number of likely N-dealkylation sites (tertiary alicyclic amines) is 1. The van der Waals surface area contributed by atoms with Gasteiger partial charge in [0, 0.05) is 25.2 Å². The molecule has 144 valence electrons. The number of benzene rings is 1. The van der Waals surface area contributed by atoms with Gasteiger partial charge in [-0.25, -0.2) is 0 Å². The molecule has 1 aliphatic heterocycles. The maximum absolute atomic E-state index is 13.4. The Balaban J connectivity index is 2.28. The number of carbonyl (C=O) groups is 2. The first-order valence-electron chi connectivity index (χ1n) is 9.80. The van der Waals surface area contributed by atoms with E-state index in [1.54, 1.807) is 0 Å². The first kappa shape index (κ1) is 20.4. The zero-order valence-corrected chi connectivity index (χ0v) is 16.9. The molecular formula is C21H33N3O2. The third-order valence-corrected chi connectivity index (χ3v) is 5.76. The number of amides is 2. The average molecular weight is 360 g/mol. The highest BCUT2D eigenvalue weighted by Crippen LogP contribution is 2.32. The summed E-state index contributed by atoms with van der Waals surface area (Å²) in [6.45, 7) is 13.1. The number of carbonyl (C=O) groups excluding carboxylic acids is 2. The minimum absolute atomic E-state index is 0.0576. The Hall–Kier alpha value is -1.88. The van der Waals surface area contributed by atoms with Gasteiger partial charge in [0.05, 0.1) is 0 Å². The van der Waals surface area contributed by atoms with E-state index in [9.17, 15) is 9.59 Å². The second-order valence-electron chi connectivity index (χ2n) is 7.16. The van der Waals surface area contributed by atoms with E-state index in [2.05, 4.69) is 24.1 Å². The maximum Gasteiger partial charge on any atom is 0.245 e. The maximum atomic E-state index is 13.4. The highest BCUT2D eigenvalue weighted by molar-refractivity contribution is 5.99. The summed E-state index contributed by atoms with van der Waals surface area (Å²) in [5.74, 6) is 0.232. The van der Waals surface area contributed by atoms with Crippen molar-refractivity contribution in [2.75, 3.05) is 31.5 Å². The molecule has 0 unspecified atom stereocenters. The average Bonchev–Trinajstić information content (AvgIpc) is 2.65. The molecular weight excluding hydrogens is 326 g/mol. The fourth-order valence-corrected chi connectivity index (χ4v) is 4.11. The molecule has 2 amide bonds. The van der Waals surface area contributed by atoms with E-state index in [4.69, 9.17) is 0 Å². The van der Waals surface area contributed by atoms with Gasteiger partial charge in [0.1, 0.15) is 5.54 Å². The van der Waals surface area contributed by atoms with Crippen LogP contribution in [0.3, 0.4) is 0 Å². The van der Waals surface area contributed by atoms with Gasteiger partial charge in [0.25, 0.3) is 0 Å². The molecule has 0 aromatic heterocycles. The quantitative estimate of drug-likeness (QED) is 0.847. The van der Waals surface area contributed by atoms with Gasteiger partial charge in [-0.05, 0) is 50.9 Å². The van der Waals surface area contributed by atoms with Crippen LogP contribution >= 0.6 is 0 Å². The lowest BCUT2D eigenvalue weighted by atomic mass is 9.84. The first-order valence-corrected chi connectivity index (χ1v) is 9.80. The Kier molecular flexibility index (Phi) is 6.81. The van der Waals surface area contributed by atoms with E-state index in [1.165, 1.54) is 0 Å². The monoisotopic (exact) mass is 359 g/mol. The van der Waals surface area contributed by atoms with Gasteiger partial charge < -0.3 is 10.2 Å². The van der Waals surface area contributed by atoms with Crippen LogP contribution in [-0.4, -0.2) is 53.3 Å². The van der Waals surface area contributed by atoms with Crippen LogP contribution in [0.1, 0.15) is 51.2 Å². The molecule has 1 saturated heterocycles. The van der Waals surface area contributed by atoms with Crippen molar-refractivity contribution < 1.29 is 9.59 Å². The van der Waals surface area contributed by atoms with E-state index < -0.39 is 5.54 Å². The molecule has 2 rings (SSSR count). The van der Waals surface area contributed by atoms with Gasteiger partial charge in [-0.2, -0.15) is 0 Å². The van der Waals surface area contributed by atoms with Crippen LogP contribution in [0, 0.1) is 13.8 Å². The van der Waals surface area contributed by atoms with Crippen molar-refractivity contribution in [3.8, 4) is 0 Å². The predicted molar refractivity (Wildman–Crippen MR) is 106 cm³/mol. The lowest BCUT2D eigenvalue weighted by Crippen LogP contribution is -2.62. The largest absolute Gasteiger partial charge is 0.343 e. The van der Waals surface area contributed by atoms with Crippen LogP contribution in [0.2, 0.25) is 0 Å². The summed E-state index contributed by atoms with van der Waals surface area (Å²) in [5.41, 5.74) is 2.51. The van der Waals surface area contributed by atoms with Crippen LogP contribution in [0.4, 0.5) is 5.69 Å². The van der Waals surface area contributed by atoms with Crippen molar-refractivity contribution >= 4 is 17.5 Å². The minimum Gasteiger partial charge on any atom is -0.343 e. The second kappa shape index (κ2) is 8.67. The van der Waals surface area contributed by atoms with Gasteiger partial charge >= 0.3 is 0 Å². The molecule has 5 nitrogen and oxygen atoms in total. The number of likely N-dealkylation sites (N-methyl/N-ethyl adjacent to an activating group) is 1. The van der Waals surface area contributed by atoms with Gasteiger partial charge in [-0.1, -0.05) is 39.0 Å². The second-order valence-corrected chi connectivity index (χ2v) is 7.16. The van der Waals surface area contributed by atoms with Gasteiger partial charge in [-0.3, -0.25) is 14.5 Å². The molecule has 1 aromatic rings. The Morgan fingerprint density at radius 1 is 1.08 bits per heavy atom. The molecule has 26 heavy (non-hydrogen) atoms. The summed E-state index contributed by atoms with van der Waals surface area (Å²) >= 11 is 0. The van der Waals surface area contributed by atoms with Crippen molar-refractivity contribution in [3.05, 3.63) is 29.3 Å². The Labute approximate surface area is 157 Å². The lowest BCUT2D eigenvalue weighted by molar-refractivity contribution is -0.139. The van der Waals surface area contributed by atoms with E-state index in [0.29, 0.717) is 32.4 Å². The van der Waals surface area contributed by atoms with E-state index >= 15 is 0 Å². The molecule has 1 aromatic carbocycles. The Bertz CT molecular complexity index is 624. The minimum atomic E-state index is -0.553. The number of nitrogens with one attached hydrogen (secondary N) is 1. The number of hydrogen-bond donors (Lipinski definition) is 1. The predicted octanol–water partition coefficient (Wildman–Crippen LogP) is 3.35. The lowest BCUT2D eigenvalue weighted by Gasteiger charge is -2.47. The SMILES string of the molecule is CCC(=O)N1CCC(C(=O)Nc2c(C)cccc2C)(N(CC)CC)CC1. The van der Waals surface area contributed by atoms with Crippen LogP contribution in [-0.2, 0) is 9.59 Å². The number of rotatable bonds is 6. The summed E-state index contributed by atoms with van der Waals surface area (Å²) in [6, 6.07) is 6.06. The molecule has 1 heterocycles. The molecule has 0 aliphatic carbocycles. The molecule has 1 fully saturated rings. The highest BCUT2D eigenvalue weighted by Gasteiger charge is 2.45. The van der Waals surface area contributed by atoms with Crippen LogP contribution in [0.15, 0.2) is 18.2 Å². The fourth-order valence-electron chi connectivity index (χ4n) is 4.11. The summed E-state index contributed by atoms with van der Waals surface area (Å²) in [4.78, 5) is 29.6. The molecule has 0 radical (unpaired) electrons. The fraction of sp³-hybridized carbons (Fsp3) is 0.619. The van der Waals surface area contributed by atoms with E-state index in [1.807, 2.05) is 43.9 Å². The molecule has 0 bridgehead atoms. The van der Waals surface area contributed by atoms with Crippen molar-refractivity contribution in [1.29, 1.82) is 0 Å². The van der Waals surface area contributed by atoms with Crippen molar-refractivity contribution in [2.45, 2.75) is 59.4 Å². The molecule has 1 aliphatic rings. The standard InChI is InChI=1S/C21H33N3O2/c1-6-18(25)23-14-12-21(13-15-23,24(7-2)8-3)20(26)22-19-16(4)10-9-11-17(19)5/h9-11H,6-8,12-15H2,1-5H3,(H,22,26). The highest BCUT2D eigenvalue weighted by atomic mass is 16.2. The number of anilines is 1. The summed E-state index contributed by atoms with van der Waals surface area (Å²) in [7, 11) is 0. The number of aryl methyl sites for hydroxylation is 2. The number of piperidine rings is 1. The Morgan fingerprint density at radius 3 is 2.08 bits per heavy atom. The molecule has 0 atom stereocenters. The van der Waals surface area contributed by atoms with Crippen molar-refractivity contribution in [1.82, 2.24) is 9.80 Å². The normalized spacial score (nSPS) is 16.6. The third-order valence-electron chi connectivity index (χ3n) is 5.76. The molecule has 0 spiro atoms. The zero-order chi connectivity index (χ0) is 19.3. The number of nitrogens with zero attached hydrogens (tertiary/aromatic N) is 2. The van der Waals surface area contributed by atoms with Crippen molar-refractivity contribution in [3.63, 3.8) is 0 Å². The zero-order valence-electron chi connectivity index (χ0n) is 16.9. The van der Waals surface area contributed by atoms with Crippen LogP contribution in [0.5, 0.6) is 0 Å². The number of hydrogen-bond acceptors (Lipinski definition) is 3. The van der Waals surface area contributed by atoms with Gasteiger partial charge in [0.15, 0.2) is 0 Å². The van der Waals surface area contributed by atoms with E-state index in [0.717, 1.165) is 29.9 Å². The van der Waals surface area contributed by atoms with Gasteiger partial charge in [0.2, 0.25) is 11.8 Å². The van der Waals surface area contributed by atoms with E-state index in [-0.39, 0.29) is 11.8 Å². The molecule has 5 heteroatoms. The van der Waals surface area contributed by atoms with Crippen LogP contribution < -0.4 is 5.32 Å². The number of para-hydroxylation sites is 1. The van der Waals surface area contributed by atoms with Gasteiger partial charge in [-0.15, -0.1) is 0 Å². The summed E-state index contributed by atoms with van der Waals surface area (Å²) < 4.78 is 0. The molecule has 1 N–H and O–H groups in total. The smallest absolute Gasteiger partial charge is 0.245 e. The molecule has 0 saturated carbocycles. The van der Waals surface area contributed by atoms with Crippen molar-refractivity contribution in [2.24, 2.45) is 0 Å². The first-order chi connectivity index (χ1) is 12.4. The third kappa shape index (κ3) is 3.93. The summed E-state index contributed by atoms with van der Waals surface area (Å²) in [6.07, 6.45) is 1.88. The van der Waals surface area contributed by atoms with Crippen LogP contribution in [0.25, 0.3) is 0 Å². The Morgan fingerprint density at radius 2 is 1.62 bits per heavy atom.